The fraction of sp³-hybridized carbons (Fsp3) is 0.440. The molecule has 2 aromatic carbocycles. The predicted octanol–water partition coefficient (Wildman–Crippen LogP) is 4.02. The lowest BCUT2D eigenvalue weighted by atomic mass is 10.1. The largest absolute Gasteiger partial charge is 0.354 e. The monoisotopic (exact) mass is 551 g/mol. The predicted molar refractivity (Wildman–Crippen MR) is 140 cm³/mol. The molecule has 2 aromatic rings. The number of rotatable bonds is 10. The molecule has 0 aliphatic carbocycles. The van der Waals surface area contributed by atoms with Crippen molar-refractivity contribution in [2.24, 2.45) is 5.92 Å². The van der Waals surface area contributed by atoms with Crippen LogP contribution in [0.2, 0.25) is 0 Å². The van der Waals surface area contributed by atoms with E-state index < -0.39 is 28.5 Å². The van der Waals surface area contributed by atoms with Crippen molar-refractivity contribution in [2.45, 2.75) is 47.2 Å². The average Bonchev–Trinajstić information content (AvgIpc) is 2.74. The Labute approximate surface area is 211 Å². The highest BCUT2D eigenvalue weighted by atomic mass is 79.9. The second-order valence-electron chi connectivity index (χ2n) is 9.03. The maximum absolute atomic E-state index is 13.5. The van der Waals surface area contributed by atoms with Crippen LogP contribution in [0.15, 0.2) is 46.9 Å². The first-order valence-corrected chi connectivity index (χ1v) is 13.8. The molecule has 0 spiro atoms. The molecule has 7 nitrogen and oxygen atoms in total. The van der Waals surface area contributed by atoms with Gasteiger partial charge in [-0.3, -0.25) is 13.9 Å². The quantitative estimate of drug-likeness (QED) is 0.483. The summed E-state index contributed by atoms with van der Waals surface area (Å²) in [5.74, 6) is -0.474. The molecule has 34 heavy (non-hydrogen) atoms. The molecule has 2 rings (SSSR count). The van der Waals surface area contributed by atoms with E-state index >= 15 is 0 Å². The van der Waals surface area contributed by atoms with Crippen molar-refractivity contribution in [3.05, 3.63) is 63.6 Å². The maximum atomic E-state index is 13.5. The number of nitrogens with one attached hydrogen (secondary N) is 1. The minimum atomic E-state index is -3.75. The average molecular weight is 553 g/mol. The molecule has 0 aliphatic rings. The molecule has 0 saturated carbocycles. The first-order valence-electron chi connectivity index (χ1n) is 11.2. The van der Waals surface area contributed by atoms with Gasteiger partial charge in [0, 0.05) is 17.6 Å². The number of carbonyl (C=O) groups is 2. The summed E-state index contributed by atoms with van der Waals surface area (Å²) in [7, 11) is -3.75. The topological polar surface area (TPSA) is 86.8 Å². The number of hydrogen-bond donors (Lipinski definition) is 1. The van der Waals surface area contributed by atoms with Crippen molar-refractivity contribution in [1.29, 1.82) is 0 Å². The zero-order chi connectivity index (χ0) is 25.6. The van der Waals surface area contributed by atoms with E-state index in [1.807, 2.05) is 52.0 Å². The molecular weight excluding hydrogens is 518 g/mol. The van der Waals surface area contributed by atoms with Crippen LogP contribution in [-0.4, -0.2) is 50.5 Å². The van der Waals surface area contributed by atoms with Gasteiger partial charge in [0.2, 0.25) is 21.8 Å². The highest BCUT2D eigenvalue weighted by Crippen LogP contribution is 2.25. The van der Waals surface area contributed by atoms with Gasteiger partial charge in [-0.2, -0.15) is 0 Å². The molecule has 0 aliphatic heterocycles. The van der Waals surface area contributed by atoms with Gasteiger partial charge in [-0.15, -0.1) is 0 Å². The molecule has 9 heteroatoms. The fourth-order valence-corrected chi connectivity index (χ4v) is 4.53. The van der Waals surface area contributed by atoms with E-state index in [-0.39, 0.29) is 18.4 Å². The van der Waals surface area contributed by atoms with Crippen molar-refractivity contribution in [3.8, 4) is 0 Å². The third kappa shape index (κ3) is 7.84. The summed E-state index contributed by atoms with van der Waals surface area (Å²) >= 11 is 3.42. The van der Waals surface area contributed by atoms with E-state index in [0.29, 0.717) is 12.2 Å². The fourth-order valence-electron chi connectivity index (χ4n) is 3.44. The van der Waals surface area contributed by atoms with Crippen LogP contribution in [0.3, 0.4) is 0 Å². The van der Waals surface area contributed by atoms with Gasteiger partial charge in [-0.1, -0.05) is 59.6 Å². The van der Waals surface area contributed by atoms with Crippen molar-refractivity contribution >= 4 is 43.5 Å². The van der Waals surface area contributed by atoms with Crippen LogP contribution in [0.25, 0.3) is 0 Å². The third-order valence-electron chi connectivity index (χ3n) is 5.40. The number of benzene rings is 2. The SMILES string of the molecule is Cc1cccc(CN(C(=O)CN(c2ccc(Br)c(C)c2)S(C)(=O)=O)[C@H](C)C(=O)NCC(C)C)c1. The smallest absolute Gasteiger partial charge is 0.244 e. The van der Waals surface area contributed by atoms with Crippen molar-refractivity contribution < 1.29 is 18.0 Å². The molecule has 0 saturated heterocycles. The summed E-state index contributed by atoms with van der Waals surface area (Å²) in [4.78, 5) is 27.8. The third-order valence-corrected chi connectivity index (χ3v) is 7.43. The van der Waals surface area contributed by atoms with Crippen LogP contribution in [0.1, 0.15) is 37.5 Å². The Balaban J connectivity index is 2.39. The standard InChI is InChI=1S/C25H34BrN3O4S/c1-17(2)14-27-25(31)20(5)28(15-21-9-7-8-18(3)12-21)24(30)16-29(34(6,32)33)22-10-11-23(26)19(4)13-22/h7-13,17,20H,14-16H2,1-6H3,(H,27,31)/t20-/m1/s1. The van der Waals surface area contributed by atoms with E-state index in [4.69, 9.17) is 0 Å². The van der Waals surface area contributed by atoms with Gasteiger partial charge < -0.3 is 10.2 Å². The van der Waals surface area contributed by atoms with Crippen molar-refractivity contribution in [1.82, 2.24) is 10.2 Å². The number of anilines is 1. The van der Waals surface area contributed by atoms with Crippen molar-refractivity contribution in [3.63, 3.8) is 0 Å². The zero-order valence-electron chi connectivity index (χ0n) is 20.6. The Kier molecular flexibility index (Phi) is 9.70. The summed E-state index contributed by atoms with van der Waals surface area (Å²) in [6.45, 7) is 9.72. The van der Waals surface area contributed by atoms with Crippen LogP contribution in [0, 0.1) is 19.8 Å². The summed E-state index contributed by atoms with van der Waals surface area (Å²) < 4.78 is 27.2. The van der Waals surface area contributed by atoms with Crippen LogP contribution >= 0.6 is 15.9 Å². The van der Waals surface area contributed by atoms with Crippen LogP contribution < -0.4 is 9.62 Å². The van der Waals surface area contributed by atoms with Crippen LogP contribution in [0.5, 0.6) is 0 Å². The first kappa shape index (κ1) is 27.9. The molecule has 0 heterocycles. The van der Waals surface area contributed by atoms with E-state index in [1.165, 1.54) is 4.90 Å². The molecular formula is C25H34BrN3O4S. The molecule has 2 amide bonds. The Morgan fingerprint density at radius 1 is 1.06 bits per heavy atom. The lowest BCUT2D eigenvalue weighted by Crippen LogP contribution is -2.51. The first-order chi connectivity index (χ1) is 15.8. The van der Waals surface area contributed by atoms with Gasteiger partial charge in [-0.05, 0) is 56.0 Å². The number of halogens is 1. The number of aryl methyl sites for hydroxylation is 2. The van der Waals surface area contributed by atoms with Gasteiger partial charge in [0.15, 0.2) is 0 Å². The summed E-state index contributed by atoms with van der Waals surface area (Å²) in [5, 5.41) is 2.87. The van der Waals surface area contributed by atoms with Gasteiger partial charge in [-0.25, -0.2) is 8.42 Å². The minimum absolute atomic E-state index is 0.188. The van der Waals surface area contributed by atoms with Gasteiger partial charge in [0.25, 0.3) is 0 Å². The normalized spacial score (nSPS) is 12.4. The second-order valence-corrected chi connectivity index (χ2v) is 11.8. The Morgan fingerprint density at radius 2 is 1.74 bits per heavy atom. The van der Waals surface area contributed by atoms with E-state index in [2.05, 4.69) is 21.2 Å². The molecule has 186 valence electrons. The van der Waals surface area contributed by atoms with Crippen LogP contribution in [-0.2, 0) is 26.2 Å². The molecule has 0 aromatic heterocycles. The lowest BCUT2D eigenvalue weighted by Gasteiger charge is -2.31. The maximum Gasteiger partial charge on any atom is 0.244 e. The van der Waals surface area contributed by atoms with Crippen LogP contribution in [0.4, 0.5) is 5.69 Å². The number of nitrogens with zero attached hydrogens (tertiary/aromatic N) is 2. The number of carbonyl (C=O) groups excluding carboxylic acids is 2. The molecule has 0 radical (unpaired) electrons. The molecule has 0 fully saturated rings. The number of amides is 2. The Morgan fingerprint density at radius 3 is 2.29 bits per heavy atom. The summed E-state index contributed by atoms with van der Waals surface area (Å²) in [5.41, 5.74) is 3.13. The van der Waals surface area contributed by atoms with Gasteiger partial charge in [0.05, 0.1) is 11.9 Å². The minimum Gasteiger partial charge on any atom is -0.354 e. The van der Waals surface area contributed by atoms with Gasteiger partial charge in [0.1, 0.15) is 12.6 Å². The zero-order valence-corrected chi connectivity index (χ0v) is 23.0. The molecule has 0 unspecified atom stereocenters. The number of sulfonamides is 1. The van der Waals surface area contributed by atoms with E-state index in [1.54, 1.807) is 25.1 Å². The molecule has 1 N–H and O–H groups in total. The molecule has 0 bridgehead atoms. The molecule has 1 atom stereocenters. The van der Waals surface area contributed by atoms with E-state index in [0.717, 1.165) is 31.7 Å². The second kappa shape index (κ2) is 11.8. The highest BCUT2D eigenvalue weighted by molar-refractivity contribution is 9.10. The lowest BCUT2D eigenvalue weighted by molar-refractivity contribution is -0.139. The number of hydrogen-bond acceptors (Lipinski definition) is 4. The summed E-state index contributed by atoms with van der Waals surface area (Å²) in [6, 6.07) is 12.0. The Hall–Kier alpha value is -2.39. The summed E-state index contributed by atoms with van der Waals surface area (Å²) in [6.07, 6.45) is 1.07. The highest BCUT2D eigenvalue weighted by Gasteiger charge is 2.30. The Bertz CT molecular complexity index is 1130. The van der Waals surface area contributed by atoms with Crippen molar-refractivity contribution in [2.75, 3.05) is 23.7 Å². The van der Waals surface area contributed by atoms with E-state index in [9.17, 15) is 18.0 Å². The van der Waals surface area contributed by atoms with Gasteiger partial charge >= 0.3 is 0 Å².